The second-order valence-electron chi connectivity index (χ2n) is 4.31. The fourth-order valence-corrected chi connectivity index (χ4v) is 2.11. The van der Waals surface area contributed by atoms with E-state index >= 15 is 0 Å². The van der Waals surface area contributed by atoms with Gasteiger partial charge >= 0.3 is 0 Å². The van der Waals surface area contributed by atoms with Crippen LogP contribution in [-0.4, -0.2) is 59.3 Å². The minimum Gasteiger partial charge on any atom is -0.512 e. The first-order valence-corrected chi connectivity index (χ1v) is 5.38. The van der Waals surface area contributed by atoms with E-state index in [1.165, 1.54) is 0 Å². The van der Waals surface area contributed by atoms with E-state index in [1.807, 2.05) is 0 Å². The van der Waals surface area contributed by atoms with Gasteiger partial charge in [0, 0.05) is 32.6 Å². The number of hydrogen-bond acceptors (Lipinski definition) is 4. The third kappa shape index (κ3) is 2.33. The zero-order valence-electron chi connectivity index (χ0n) is 9.06. The average Bonchev–Trinajstić information content (AvgIpc) is 2.23. The number of hydrogen-bond donors (Lipinski definition) is 2. The van der Waals surface area contributed by atoms with Gasteiger partial charge in [-0.3, -0.25) is 4.90 Å². The van der Waals surface area contributed by atoms with E-state index in [0.29, 0.717) is 17.9 Å². The van der Waals surface area contributed by atoms with Crippen LogP contribution in [0.3, 0.4) is 0 Å². The molecule has 0 aromatic heterocycles. The number of aliphatic hydroxyl groups is 2. The molecule has 1 unspecified atom stereocenters. The molecule has 2 N–H and O–H groups in total. The summed E-state index contributed by atoms with van der Waals surface area (Å²) < 4.78 is 0. The summed E-state index contributed by atoms with van der Waals surface area (Å²) in [6.45, 7) is 3.95. The summed E-state index contributed by atoms with van der Waals surface area (Å²) >= 11 is 0. The third-order valence-corrected chi connectivity index (χ3v) is 3.17. The molecule has 1 fully saturated rings. The van der Waals surface area contributed by atoms with Gasteiger partial charge < -0.3 is 15.1 Å². The largest absolute Gasteiger partial charge is 0.512 e. The summed E-state index contributed by atoms with van der Waals surface area (Å²) in [4.78, 5) is 4.50. The summed E-state index contributed by atoms with van der Waals surface area (Å²) in [5.74, 6) is 0.731. The van der Waals surface area contributed by atoms with Crippen LogP contribution >= 0.6 is 0 Å². The Labute approximate surface area is 90.1 Å². The van der Waals surface area contributed by atoms with Crippen LogP contribution in [0.15, 0.2) is 23.7 Å². The van der Waals surface area contributed by atoms with E-state index in [9.17, 15) is 10.2 Å². The first-order valence-electron chi connectivity index (χ1n) is 5.38. The smallest absolute Gasteiger partial charge is 0.110 e. The molecule has 2 aliphatic rings. The lowest BCUT2D eigenvalue weighted by Gasteiger charge is -2.38. The van der Waals surface area contributed by atoms with E-state index in [2.05, 4.69) is 16.8 Å². The van der Waals surface area contributed by atoms with Gasteiger partial charge in [-0.15, -0.1) is 0 Å². The Kier molecular flexibility index (Phi) is 2.98. The average molecular weight is 210 g/mol. The van der Waals surface area contributed by atoms with Crippen LogP contribution in [-0.2, 0) is 0 Å². The second kappa shape index (κ2) is 4.24. The van der Waals surface area contributed by atoms with Gasteiger partial charge in [-0.1, -0.05) is 0 Å². The van der Waals surface area contributed by atoms with Crippen LogP contribution in [0.2, 0.25) is 0 Å². The maximum atomic E-state index is 9.76. The molecule has 1 heterocycles. The number of nitrogens with zero attached hydrogens (tertiary/aromatic N) is 2. The van der Waals surface area contributed by atoms with Crippen molar-refractivity contribution < 1.29 is 10.2 Å². The minimum absolute atomic E-state index is 0.0244. The van der Waals surface area contributed by atoms with Crippen LogP contribution in [0.25, 0.3) is 0 Å². The van der Waals surface area contributed by atoms with Gasteiger partial charge in [0.1, 0.15) is 5.76 Å². The monoisotopic (exact) mass is 210 g/mol. The third-order valence-electron chi connectivity index (χ3n) is 3.17. The maximum absolute atomic E-state index is 9.76. The zero-order chi connectivity index (χ0) is 10.8. The van der Waals surface area contributed by atoms with Gasteiger partial charge in [0.2, 0.25) is 0 Å². The number of piperazine rings is 1. The lowest BCUT2D eigenvalue weighted by atomic mass is 10.0. The summed E-state index contributed by atoms with van der Waals surface area (Å²) in [7, 11) is 2.10. The lowest BCUT2D eigenvalue weighted by molar-refractivity contribution is 0.0974. The molecule has 1 atom stereocenters. The second-order valence-corrected chi connectivity index (χ2v) is 4.31. The maximum Gasteiger partial charge on any atom is 0.110 e. The van der Waals surface area contributed by atoms with Gasteiger partial charge in [0.15, 0.2) is 0 Å². The van der Waals surface area contributed by atoms with Crippen molar-refractivity contribution in [1.29, 1.82) is 0 Å². The predicted molar refractivity (Wildman–Crippen MR) is 58.9 cm³/mol. The van der Waals surface area contributed by atoms with E-state index in [0.717, 1.165) is 26.2 Å². The Morgan fingerprint density at radius 1 is 1.13 bits per heavy atom. The zero-order valence-corrected chi connectivity index (χ0v) is 9.06. The van der Waals surface area contributed by atoms with Crippen molar-refractivity contribution in [2.75, 3.05) is 33.2 Å². The van der Waals surface area contributed by atoms with Gasteiger partial charge in [-0.2, -0.15) is 0 Å². The van der Waals surface area contributed by atoms with Crippen molar-refractivity contribution in [3.63, 3.8) is 0 Å². The molecule has 1 aliphatic carbocycles. The summed E-state index contributed by atoms with van der Waals surface area (Å²) in [6.07, 6.45) is 3.70. The Bertz CT molecular complexity index is 291. The van der Waals surface area contributed by atoms with E-state index < -0.39 is 0 Å². The number of likely N-dealkylation sites (N-methyl/N-ethyl adjacent to an activating group) is 1. The van der Waals surface area contributed by atoms with Crippen molar-refractivity contribution >= 4 is 0 Å². The molecule has 1 aliphatic heterocycles. The van der Waals surface area contributed by atoms with Crippen LogP contribution in [0.5, 0.6) is 0 Å². The molecule has 1 saturated heterocycles. The Balaban J connectivity index is 2.00. The van der Waals surface area contributed by atoms with E-state index in [-0.39, 0.29) is 6.04 Å². The highest BCUT2D eigenvalue weighted by Gasteiger charge is 2.27. The Morgan fingerprint density at radius 2 is 1.80 bits per heavy atom. The number of aliphatic hydroxyl groups excluding tert-OH is 2. The molecule has 0 amide bonds. The van der Waals surface area contributed by atoms with Crippen LogP contribution in [0.1, 0.15) is 6.42 Å². The standard InChI is InChI=1S/C11H18N2O2/c1-12-4-6-13(7-5-12)10-8-9(14)2-3-11(10)15/h2-3,10,14-15H,4-8H2,1H3. The molecular weight excluding hydrogens is 192 g/mol. The summed E-state index contributed by atoms with van der Waals surface area (Å²) in [5, 5.41) is 19.2. The number of allylic oxidation sites excluding steroid dienone is 2. The van der Waals surface area contributed by atoms with Crippen LogP contribution in [0, 0.1) is 0 Å². The van der Waals surface area contributed by atoms with Crippen molar-refractivity contribution in [2.45, 2.75) is 12.5 Å². The van der Waals surface area contributed by atoms with Gasteiger partial charge in [0.25, 0.3) is 0 Å². The molecule has 0 spiro atoms. The minimum atomic E-state index is -0.0244. The fourth-order valence-electron chi connectivity index (χ4n) is 2.11. The highest BCUT2D eigenvalue weighted by atomic mass is 16.3. The first kappa shape index (κ1) is 10.5. The predicted octanol–water partition coefficient (Wildman–Crippen LogP) is 0.890. The molecule has 0 bridgehead atoms. The molecule has 4 nitrogen and oxygen atoms in total. The molecule has 0 radical (unpaired) electrons. The van der Waals surface area contributed by atoms with Crippen LogP contribution in [0.4, 0.5) is 0 Å². The highest BCUT2D eigenvalue weighted by Crippen LogP contribution is 2.21. The summed E-state index contributed by atoms with van der Waals surface area (Å²) in [5.41, 5.74) is 0. The first-order chi connectivity index (χ1) is 7.16. The van der Waals surface area contributed by atoms with Crippen molar-refractivity contribution in [3.8, 4) is 0 Å². The fraction of sp³-hybridized carbons (Fsp3) is 0.636. The number of rotatable bonds is 1. The summed E-state index contributed by atoms with van der Waals surface area (Å²) in [6, 6.07) is -0.0244. The molecule has 0 aromatic rings. The highest BCUT2D eigenvalue weighted by molar-refractivity contribution is 5.21. The Morgan fingerprint density at radius 3 is 2.47 bits per heavy atom. The van der Waals surface area contributed by atoms with Crippen molar-refractivity contribution in [1.82, 2.24) is 9.80 Å². The molecular formula is C11H18N2O2. The molecule has 0 saturated carbocycles. The Hall–Kier alpha value is -1.00. The topological polar surface area (TPSA) is 46.9 Å². The molecule has 4 heteroatoms. The molecule has 84 valence electrons. The van der Waals surface area contributed by atoms with Gasteiger partial charge in [0.05, 0.1) is 11.8 Å². The SMILES string of the molecule is CN1CCN(C2CC(O)=CC=C2O)CC1. The normalized spacial score (nSPS) is 29.8. The van der Waals surface area contributed by atoms with E-state index in [1.54, 1.807) is 12.2 Å². The molecule has 2 rings (SSSR count). The lowest BCUT2D eigenvalue weighted by Crippen LogP contribution is -2.50. The van der Waals surface area contributed by atoms with Crippen molar-refractivity contribution in [3.05, 3.63) is 23.7 Å². The van der Waals surface area contributed by atoms with Gasteiger partial charge in [-0.25, -0.2) is 0 Å². The molecule has 15 heavy (non-hydrogen) atoms. The van der Waals surface area contributed by atoms with Gasteiger partial charge in [-0.05, 0) is 19.2 Å². The van der Waals surface area contributed by atoms with Crippen molar-refractivity contribution in [2.24, 2.45) is 0 Å². The molecule has 0 aromatic carbocycles. The quantitative estimate of drug-likeness (QED) is 0.675. The van der Waals surface area contributed by atoms with Crippen LogP contribution < -0.4 is 0 Å². The van der Waals surface area contributed by atoms with E-state index in [4.69, 9.17) is 0 Å².